The second-order valence-electron chi connectivity index (χ2n) is 5.05. The van der Waals surface area contributed by atoms with Crippen LogP contribution in [0.3, 0.4) is 0 Å². The van der Waals surface area contributed by atoms with Crippen LogP contribution in [0.25, 0.3) is 0 Å². The number of rotatable bonds is 7. The Hall–Kier alpha value is -1.26. The van der Waals surface area contributed by atoms with Crippen LogP contribution in [0.15, 0.2) is 18.2 Å². The minimum atomic E-state index is 0.234. The normalized spacial score (nSPS) is 18.8. The Morgan fingerprint density at radius 2 is 2.25 bits per heavy atom. The molecule has 0 radical (unpaired) electrons. The van der Waals surface area contributed by atoms with Crippen molar-refractivity contribution in [2.45, 2.75) is 38.8 Å². The number of benzene rings is 1. The van der Waals surface area contributed by atoms with Gasteiger partial charge in [0.25, 0.3) is 0 Å². The molecule has 0 aromatic heterocycles. The minimum Gasteiger partial charge on any atom is -0.497 e. The fourth-order valence-electron chi connectivity index (χ4n) is 2.34. The van der Waals surface area contributed by atoms with Gasteiger partial charge in [-0.2, -0.15) is 0 Å². The summed E-state index contributed by atoms with van der Waals surface area (Å²) in [6, 6.07) is 5.95. The van der Waals surface area contributed by atoms with Gasteiger partial charge in [0.2, 0.25) is 0 Å². The van der Waals surface area contributed by atoms with Crippen LogP contribution in [0.2, 0.25) is 0 Å². The first kappa shape index (κ1) is 15.1. The summed E-state index contributed by atoms with van der Waals surface area (Å²) >= 11 is 0. The predicted molar refractivity (Wildman–Crippen MR) is 79.5 cm³/mol. The number of ether oxygens (including phenoxy) is 3. The highest BCUT2D eigenvalue weighted by Crippen LogP contribution is 2.25. The molecule has 20 heavy (non-hydrogen) atoms. The molecule has 1 aliphatic rings. The maximum atomic E-state index is 5.95. The van der Waals surface area contributed by atoms with Crippen molar-refractivity contribution < 1.29 is 14.2 Å². The highest BCUT2D eigenvalue weighted by Gasteiger charge is 2.15. The van der Waals surface area contributed by atoms with Crippen molar-refractivity contribution in [3.05, 3.63) is 23.8 Å². The van der Waals surface area contributed by atoms with Crippen LogP contribution in [0.5, 0.6) is 11.5 Å². The maximum absolute atomic E-state index is 5.95. The van der Waals surface area contributed by atoms with Crippen LogP contribution in [0.1, 0.15) is 31.7 Å². The summed E-state index contributed by atoms with van der Waals surface area (Å²) in [7, 11) is 1.68. The van der Waals surface area contributed by atoms with Crippen molar-refractivity contribution in [3.8, 4) is 11.5 Å². The monoisotopic (exact) mass is 279 g/mol. The molecule has 1 heterocycles. The third-order valence-electron chi connectivity index (χ3n) is 3.53. The van der Waals surface area contributed by atoms with E-state index in [1.807, 2.05) is 18.2 Å². The Bertz CT molecular complexity index is 403. The molecule has 0 aliphatic carbocycles. The molecule has 1 aliphatic heterocycles. The van der Waals surface area contributed by atoms with E-state index in [4.69, 9.17) is 14.2 Å². The van der Waals surface area contributed by atoms with Gasteiger partial charge in [0.05, 0.1) is 13.2 Å². The maximum Gasteiger partial charge on any atom is 0.124 e. The van der Waals surface area contributed by atoms with Crippen molar-refractivity contribution in [1.29, 1.82) is 0 Å². The van der Waals surface area contributed by atoms with Crippen molar-refractivity contribution in [2.75, 3.05) is 26.9 Å². The second kappa shape index (κ2) is 8.12. The molecule has 1 aromatic carbocycles. The molecule has 1 atom stereocenters. The van der Waals surface area contributed by atoms with Gasteiger partial charge in [-0.1, -0.05) is 6.92 Å². The van der Waals surface area contributed by atoms with Crippen molar-refractivity contribution in [3.63, 3.8) is 0 Å². The van der Waals surface area contributed by atoms with Crippen molar-refractivity contribution in [2.24, 2.45) is 0 Å². The number of nitrogens with one attached hydrogen (secondary N) is 1. The van der Waals surface area contributed by atoms with E-state index in [9.17, 15) is 0 Å². The zero-order valence-electron chi connectivity index (χ0n) is 12.5. The lowest BCUT2D eigenvalue weighted by Gasteiger charge is -2.23. The molecular weight excluding hydrogens is 254 g/mol. The molecule has 1 saturated heterocycles. The van der Waals surface area contributed by atoms with E-state index in [-0.39, 0.29) is 6.10 Å². The van der Waals surface area contributed by atoms with Gasteiger partial charge in [-0.05, 0) is 44.0 Å². The molecule has 0 saturated carbocycles. The highest BCUT2D eigenvalue weighted by molar-refractivity contribution is 5.40. The lowest BCUT2D eigenvalue weighted by molar-refractivity contribution is -0.0112. The van der Waals surface area contributed by atoms with Crippen LogP contribution in [0.4, 0.5) is 0 Å². The summed E-state index contributed by atoms with van der Waals surface area (Å²) in [5.41, 5.74) is 1.13. The summed E-state index contributed by atoms with van der Waals surface area (Å²) in [6.45, 7) is 5.31. The molecule has 1 aromatic rings. The topological polar surface area (TPSA) is 39.7 Å². The van der Waals surface area contributed by atoms with Crippen molar-refractivity contribution >= 4 is 0 Å². The molecule has 1 unspecified atom stereocenters. The molecule has 0 spiro atoms. The lowest BCUT2D eigenvalue weighted by atomic mass is 10.1. The van der Waals surface area contributed by atoms with E-state index in [1.54, 1.807) is 7.11 Å². The van der Waals surface area contributed by atoms with Crippen molar-refractivity contribution in [1.82, 2.24) is 5.32 Å². The molecule has 4 nitrogen and oxygen atoms in total. The van der Waals surface area contributed by atoms with E-state index in [0.717, 1.165) is 43.2 Å². The van der Waals surface area contributed by atoms with Crippen LogP contribution in [0, 0.1) is 0 Å². The summed E-state index contributed by atoms with van der Waals surface area (Å²) in [5, 5.41) is 3.33. The van der Waals surface area contributed by atoms with Crippen LogP contribution in [-0.2, 0) is 11.3 Å². The third-order valence-corrected chi connectivity index (χ3v) is 3.53. The van der Waals surface area contributed by atoms with E-state index in [0.29, 0.717) is 6.61 Å². The zero-order valence-corrected chi connectivity index (χ0v) is 12.5. The Labute approximate surface area is 121 Å². The molecular formula is C16H25NO3. The van der Waals surface area contributed by atoms with Gasteiger partial charge in [0.1, 0.15) is 18.1 Å². The fraction of sp³-hybridized carbons (Fsp3) is 0.625. The van der Waals surface area contributed by atoms with Gasteiger partial charge >= 0.3 is 0 Å². The third kappa shape index (κ3) is 4.39. The van der Waals surface area contributed by atoms with Crippen LogP contribution >= 0.6 is 0 Å². The van der Waals surface area contributed by atoms with Gasteiger partial charge in [-0.3, -0.25) is 0 Å². The summed E-state index contributed by atoms with van der Waals surface area (Å²) < 4.78 is 16.9. The second-order valence-corrected chi connectivity index (χ2v) is 5.05. The zero-order chi connectivity index (χ0) is 14.2. The lowest BCUT2D eigenvalue weighted by Crippen LogP contribution is -2.26. The summed E-state index contributed by atoms with van der Waals surface area (Å²) in [5.74, 6) is 1.78. The molecule has 1 N–H and O–H groups in total. The largest absolute Gasteiger partial charge is 0.497 e. The molecule has 1 fully saturated rings. The SMILES string of the molecule is CCNCc1cc(OC)ccc1OCC1CCCCO1. The Morgan fingerprint density at radius 3 is 2.95 bits per heavy atom. The average molecular weight is 279 g/mol. The van der Waals surface area contributed by atoms with Gasteiger partial charge in [-0.25, -0.2) is 0 Å². The molecule has 0 bridgehead atoms. The molecule has 4 heteroatoms. The van der Waals surface area contributed by atoms with E-state index < -0.39 is 0 Å². The standard InChI is InChI=1S/C16H25NO3/c1-3-17-11-13-10-14(18-2)7-8-16(13)20-12-15-6-4-5-9-19-15/h7-8,10,15,17H,3-6,9,11-12H2,1-2H3. The number of hydrogen-bond donors (Lipinski definition) is 1. The van der Waals surface area contributed by atoms with Gasteiger partial charge in [0.15, 0.2) is 0 Å². The van der Waals surface area contributed by atoms with E-state index >= 15 is 0 Å². The van der Waals surface area contributed by atoms with E-state index in [2.05, 4.69) is 12.2 Å². The fourth-order valence-corrected chi connectivity index (χ4v) is 2.34. The molecule has 0 amide bonds. The summed E-state index contributed by atoms with van der Waals surface area (Å²) in [6.07, 6.45) is 3.74. The first-order valence-electron chi connectivity index (χ1n) is 7.45. The molecule has 112 valence electrons. The number of methoxy groups -OCH3 is 1. The Kier molecular flexibility index (Phi) is 6.15. The quantitative estimate of drug-likeness (QED) is 0.833. The van der Waals surface area contributed by atoms with Crippen LogP contribution in [-0.4, -0.2) is 33.0 Å². The van der Waals surface area contributed by atoms with E-state index in [1.165, 1.54) is 12.8 Å². The van der Waals surface area contributed by atoms with Crippen LogP contribution < -0.4 is 14.8 Å². The smallest absolute Gasteiger partial charge is 0.124 e. The summed E-state index contributed by atoms with van der Waals surface area (Å²) in [4.78, 5) is 0. The Balaban J connectivity index is 1.97. The first-order chi connectivity index (χ1) is 9.83. The van der Waals surface area contributed by atoms with Gasteiger partial charge < -0.3 is 19.5 Å². The number of hydrogen-bond acceptors (Lipinski definition) is 4. The molecule has 2 rings (SSSR count). The first-order valence-corrected chi connectivity index (χ1v) is 7.45. The predicted octanol–water partition coefficient (Wildman–Crippen LogP) is 2.75. The Morgan fingerprint density at radius 1 is 1.35 bits per heavy atom. The minimum absolute atomic E-state index is 0.234. The van der Waals surface area contributed by atoms with Gasteiger partial charge in [-0.15, -0.1) is 0 Å². The average Bonchev–Trinajstić information content (AvgIpc) is 2.52. The van der Waals surface area contributed by atoms with Gasteiger partial charge in [0, 0.05) is 18.7 Å². The highest BCUT2D eigenvalue weighted by atomic mass is 16.5.